The van der Waals surface area contributed by atoms with Crippen LogP contribution >= 0.6 is 11.6 Å². The molecule has 3 nitrogen and oxygen atoms in total. The van der Waals surface area contributed by atoms with Crippen LogP contribution in [-0.2, 0) is 4.74 Å². The highest BCUT2D eigenvalue weighted by Crippen LogP contribution is 2.38. The van der Waals surface area contributed by atoms with E-state index in [4.69, 9.17) is 21.1 Å². The minimum absolute atomic E-state index is 0.0242. The molecule has 0 bridgehead atoms. The summed E-state index contributed by atoms with van der Waals surface area (Å²) in [4.78, 5) is 0. The lowest BCUT2D eigenvalue weighted by Gasteiger charge is -2.27. The number of ether oxygens (including phenoxy) is 2. The van der Waals surface area contributed by atoms with Crippen molar-refractivity contribution >= 4 is 11.6 Å². The number of benzene rings is 1. The summed E-state index contributed by atoms with van der Waals surface area (Å²) in [6, 6.07) is 1.94. The first kappa shape index (κ1) is 12.7. The van der Waals surface area contributed by atoms with Gasteiger partial charge in [-0.2, -0.15) is 0 Å². The average Bonchev–Trinajstić information content (AvgIpc) is 2.34. The van der Waals surface area contributed by atoms with Crippen LogP contribution in [0.25, 0.3) is 0 Å². The van der Waals surface area contributed by atoms with Crippen LogP contribution < -0.4 is 10.1 Å². The van der Waals surface area contributed by atoms with Gasteiger partial charge >= 0.3 is 0 Å². The van der Waals surface area contributed by atoms with Crippen molar-refractivity contribution in [2.45, 2.75) is 20.0 Å². The monoisotopic (exact) mass is 255 g/mol. The first-order valence-corrected chi connectivity index (χ1v) is 6.19. The molecule has 94 valence electrons. The number of rotatable bonds is 2. The standard InChI is InChI=1S/C13H18ClNO2/c1-8-6-10(14)13(16-3)12(9(8)2)11-7-15-4-5-17-11/h6,11,15H,4-5,7H2,1-3H3. The minimum atomic E-state index is 0.0242. The van der Waals surface area contributed by atoms with E-state index in [1.807, 2.05) is 6.07 Å². The molecule has 1 unspecified atom stereocenters. The molecule has 1 aromatic rings. The Hall–Kier alpha value is -0.770. The molecule has 2 rings (SSSR count). The van der Waals surface area contributed by atoms with E-state index in [0.29, 0.717) is 5.02 Å². The van der Waals surface area contributed by atoms with Crippen LogP contribution in [0.5, 0.6) is 5.75 Å². The van der Waals surface area contributed by atoms with E-state index in [2.05, 4.69) is 19.2 Å². The second-order valence-corrected chi connectivity index (χ2v) is 4.72. The van der Waals surface area contributed by atoms with E-state index in [1.165, 1.54) is 11.1 Å². The van der Waals surface area contributed by atoms with E-state index < -0.39 is 0 Å². The molecule has 1 atom stereocenters. The van der Waals surface area contributed by atoms with Gasteiger partial charge in [0.05, 0.1) is 24.8 Å². The highest BCUT2D eigenvalue weighted by Gasteiger charge is 2.24. The first-order chi connectivity index (χ1) is 8.15. The topological polar surface area (TPSA) is 30.5 Å². The zero-order valence-electron chi connectivity index (χ0n) is 10.5. The van der Waals surface area contributed by atoms with Gasteiger partial charge in [0.15, 0.2) is 0 Å². The predicted octanol–water partition coefficient (Wildman–Crippen LogP) is 2.63. The van der Waals surface area contributed by atoms with Gasteiger partial charge in [-0.15, -0.1) is 0 Å². The van der Waals surface area contributed by atoms with Crippen molar-refractivity contribution in [1.82, 2.24) is 5.32 Å². The zero-order valence-corrected chi connectivity index (χ0v) is 11.2. The molecule has 0 radical (unpaired) electrons. The van der Waals surface area contributed by atoms with Gasteiger partial charge in [0.25, 0.3) is 0 Å². The minimum Gasteiger partial charge on any atom is -0.495 e. The summed E-state index contributed by atoms with van der Waals surface area (Å²) in [5.74, 6) is 0.739. The third-order valence-corrected chi connectivity index (χ3v) is 3.53. The Labute approximate surface area is 107 Å². The van der Waals surface area contributed by atoms with Gasteiger partial charge in [-0.05, 0) is 31.0 Å². The average molecular weight is 256 g/mol. The molecule has 1 heterocycles. The second-order valence-electron chi connectivity index (χ2n) is 4.31. The van der Waals surface area contributed by atoms with E-state index in [1.54, 1.807) is 7.11 Å². The van der Waals surface area contributed by atoms with Crippen LogP contribution in [0, 0.1) is 13.8 Å². The smallest absolute Gasteiger partial charge is 0.143 e. The number of hydrogen-bond donors (Lipinski definition) is 1. The molecule has 1 aliphatic heterocycles. The van der Waals surface area contributed by atoms with Crippen LogP contribution in [-0.4, -0.2) is 26.8 Å². The lowest BCUT2D eigenvalue weighted by Crippen LogP contribution is -2.34. The van der Waals surface area contributed by atoms with E-state index in [0.717, 1.165) is 31.0 Å². The lowest BCUT2D eigenvalue weighted by molar-refractivity contribution is 0.0258. The van der Waals surface area contributed by atoms with Crippen molar-refractivity contribution in [3.8, 4) is 5.75 Å². The zero-order chi connectivity index (χ0) is 12.4. The molecule has 0 aliphatic carbocycles. The van der Waals surface area contributed by atoms with Crippen molar-refractivity contribution in [1.29, 1.82) is 0 Å². The molecule has 0 saturated carbocycles. The molecule has 0 aromatic heterocycles. The number of halogens is 1. The molecule has 1 saturated heterocycles. The third kappa shape index (κ3) is 2.41. The number of nitrogens with one attached hydrogen (secondary N) is 1. The van der Waals surface area contributed by atoms with Crippen LogP contribution in [0.15, 0.2) is 6.07 Å². The van der Waals surface area contributed by atoms with Crippen molar-refractivity contribution in [3.63, 3.8) is 0 Å². The summed E-state index contributed by atoms with van der Waals surface area (Å²) in [7, 11) is 1.65. The molecule has 17 heavy (non-hydrogen) atoms. The maximum absolute atomic E-state index is 6.23. The number of hydrogen-bond acceptors (Lipinski definition) is 3. The molecule has 0 spiro atoms. The lowest BCUT2D eigenvalue weighted by atomic mass is 9.97. The van der Waals surface area contributed by atoms with Gasteiger partial charge in [0.1, 0.15) is 5.75 Å². The first-order valence-electron chi connectivity index (χ1n) is 5.81. The quantitative estimate of drug-likeness (QED) is 0.881. The van der Waals surface area contributed by atoms with Gasteiger partial charge in [-0.25, -0.2) is 0 Å². The predicted molar refractivity (Wildman–Crippen MR) is 69.0 cm³/mol. The maximum atomic E-state index is 6.23. The fraction of sp³-hybridized carbons (Fsp3) is 0.538. The van der Waals surface area contributed by atoms with Crippen LogP contribution in [0.1, 0.15) is 22.8 Å². The number of aryl methyl sites for hydroxylation is 1. The summed E-state index contributed by atoms with van der Waals surface area (Å²) in [5.41, 5.74) is 3.43. The molecular weight excluding hydrogens is 238 g/mol. The van der Waals surface area contributed by atoms with E-state index in [-0.39, 0.29) is 6.10 Å². The van der Waals surface area contributed by atoms with Gasteiger partial charge in [-0.1, -0.05) is 11.6 Å². The summed E-state index contributed by atoms with van der Waals surface area (Å²) in [6.07, 6.45) is 0.0242. The number of morpholine rings is 1. The molecule has 1 aromatic carbocycles. The fourth-order valence-corrected chi connectivity index (χ4v) is 2.56. The van der Waals surface area contributed by atoms with Gasteiger partial charge in [-0.3, -0.25) is 0 Å². The second kappa shape index (κ2) is 5.25. The molecule has 1 fully saturated rings. The van der Waals surface area contributed by atoms with Gasteiger partial charge in [0.2, 0.25) is 0 Å². The van der Waals surface area contributed by atoms with Crippen LogP contribution in [0.2, 0.25) is 5.02 Å². The fourth-order valence-electron chi connectivity index (χ4n) is 2.22. The van der Waals surface area contributed by atoms with Crippen molar-refractivity contribution in [2.24, 2.45) is 0 Å². The maximum Gasteiger partial charge on any atom is 0.143 e. The Bertz CT molecular complexity index is 414. The van der Waals surface area contributed by atoms with Crippen molar-refractivity contribution in [2.75, 3.05) is 26.8 Å². The molecular formula is C13H18ClNO2. The van der Waals surface area contributed by atoms with Crippen molar-refractivity contribution < 1.29 is 9.47 Å². The van der Waals surface area contributed by atoms with Crippen molar-refractivity contribution in [3.05, 3.63) is 27.8 Å². The Balaban J connectivity index is 2.48. The third-order valence-electron chi connectivity index (χ3n) is 3.25. The molecule has 1 aliphatic rings. The van der Waals surface area contributed by atoms with E-state index in [9.17, 15) is 0 Å². The summed E-state index contributed by atoms with van der Waals surface area (Å²) in [6.45, 7) is 6.56. The summed E-state index contributed by atoms with van der Waals surface area (Å²) in [5, 5.41) is 3.98. The molecule has 1 N–H and O–H groups in total. The highest BCUT2D eigenvalue weighted by molar-refractivity contribution is 6.32. The largest absolute Gasteiger partial charge is 0.495 e. The highest BCUT2D eigenvalue weighted by atomic mass is 35.5. The van der Waals surface area contributed by atoms with Crippen LogP contribution in [0.3, 0.4) is 0 Å². The Morgan fingerprint density at radius 3 is 2.82 bits per heavy atom. The molecule has 0 amide bonds. The Kier molecular flexibility index (Phi) is 3.92. The van der Waals surface area contributed by atoms with Gasteiger partial charge in [0, 0.05) is 18.7 Å². The van der Waals surface area contributed by atoms with Gasteiger partial charge < -0.3 is 14.8 Å². The van der Waals surface area contributed by atoms with E-state index >= 15 is 0 Å². The normalized spacial score (nSPS) is 20.4. The SMILES string of the molecule is COc1c(Cl)cc(C)c(C)c1C1CNCCO1. The summed E-state index contributed by atoms with van der Waals surface area (Å²) >= 11 is 6.23. The Morgan fingerprint density at radius 2 is 2.24 bits per heavy atom. The van der Waals surface area contributed by atoms with Crippen LogP contribution in [0.4, 0.5) is 0 Å². The number of methoxy groups -OCH3 is 1. The summed E-state index contributed by atoms with van der Waals surface area (Å²) < 4.78 is 11.2. The molecule has 4 heteroatoms. The Morgan fingerprint density at radius 1 is 1.47 bits per heavy atom.